The van der Waals surface area contributed by atoms with Crippen molar-refractivity contribution in [3.8, 4) is 11.6 Å². The number of ether oxygens (including phenoxy) is 1. The van der Waals surface area contributed by atoms with Crippen molar-refractivity contribution in [3.05, 3.63) is 40.7 Å². The summed E-state index contributed by atoms with van der Waals surface area (Å²) in [5.41, 5.74) is 5.93. The number of hydrazine groups is 1. The summed E-state index contributed by atoms with van der Waals surface area (Å²) in [5.74, 6) is 8.25. The van der Waals surface area contributed by atoms with Crippen molar-refractivity contribution >= 4 is 5.82 Å². The molecule has 0 aliphatic heterocycles. The van der Waals surface area contributed by atoms with Crippen molar-refractivity contribution in [2.24, 2.45) is 5.84 Å². The largest absolute Gasteiger partial charge is 0.438 e. The van der Waals surface area contributed by atoms with E-state index < -0.39 is 0 Å². The molecule has 0 bridgehead atoms. The van der Waals surface area contributed by atoms with Crippen molar-refractivity contribution < 1.29 is 4.74 Å². The summed E-state index contributed by atoms with van der Waals surface area (Å²) >= 11 is 0. The number of nitrogens with two attached hydrogens (primary N) is 1. The van der Waals surface area contributed by atoms with Gasteiger partial charge in [0.2, 0.25) is 5.88 Å². The van der Waals surface area contributed by atoms with E-state index in [-0.39, 0.29) is 5.92 Å². The number of aryl methyl sites for hydroxylation is 2. The summed E-state index contributed by atoms with van der Waals surface area (Å²) in [5, 5.41) is 0. The molecule has 2 aromatic rings. The molecular formula is C16H22N4O. The molecule has 0 aliphatic rings. The third kappa shape index (κ3) is 3.31. The third-order valence-corrected chi connectivity index (χ3v) is 3.46. The lowest BCUT2D eigenvalue weighted by atomic mass is 10.1. The first-order chi connectivity index (χ1) is 9.92. The number of benzene rings is 1. The molecule has 0 saturated carbocycles. The third-order valence-electron chi connectivity index (χ3n) is 3.46. The second-order valence-corrected chi connectivity index (χ2v) is 5.50. The Morgan fingerprint density at radius 2 is 1.76 bits per heavy atom. The Morgan fingerprint density at radius 3 is 2.38 bits per heavy atom. The fourth-order valence-corrected chi connectivity index (χ4v) is 2.01. The molecule has 5 heteroatoms. The average Bonchev–Trinajstić information content (AvgIpc) is 2.47. The molecule has 0 radical (unpaired) electrons. The molecule has 1 aromatic carbocycles. The van der Waals surface area contributed by atoms with Gasteiger partial charge in [0.15, 0.2) is 0 Å². The molecule has 5 nitrogen and oxygen atoms in total. The Kier molecular flexibility index (Phi) is 4.43. The van der Waals surface area contributed by atoms with Gasteiger partial charge in [0.05, 0.1) is 0 Å². The monoisotopic (exact) mass is 286 g/mol. The Morgan fingerprint density at radius 1 is 1.10 bits per heavy atom. The van der Waals surface area contributed by atoms with Gasteiger partial charge in [-0.2, -0.15) is 4.98 Å². The maximum atomic E-state index is 6.01. The Balaban J connectivity index is 2.44. The molecule has 112 valence electrons. The van der Waals surface area contributed by atoms with Crippen molar-refractivity contribution in [3.63, 3.8) is 0 Å². The fraction of sp³-hybridized carbons (Fsp3) is 0.375. The van der Waals surface area contributed by atoms with Gasteiger partial charge in [-0.15, -0.1) is 0 Å². The Labute approximate surface area is 125 Å². The van der Waals surface area contributed by atoms with E-state index in [9.17, 15) is 0 Å². The minimum atomic E-state index is 0.195. The van der Waals surface area contributed by atoms with Gasteiger partial charge in [0, 0.05) is 12.0 Å². The van der Waals surface area contributed by atoms with Crippen LogP contribution in [0.3, 0.4) is 0 Å². The van der Waals surface area contributed by atoms with Gasteiger partial charge < -0.3 is 10.2 Å². The van der Waals surface area contributed by atoms with E-state index in [2.05, 4.69) is 28.4 Å². The van der Waals surface area contributed by atoms with Crippen LogP contribution in [0.4, 0.5) is 5.82 Å². The van der Waals surface area contributed by atoms with Gasteiger partial charge in [-0.1, -0.05) is 26.0 Å². The summed E-state index contributed by atoms with van der Waals surface area (Å²) in [7, 11) is 0. The zero-order valence-electron chi connectivity index (χ0n) is 13.2. The molecule has 0 atom stereocenters. The zero-order chi connectivity index (χ0) is 15.6. The minimum absolute atomic E-state index is 0.195. The van der Waals surface area contributed by atoms with Crippen LogP contribution in [-0.2, 0) is 0 Å². The normalized spacial score (nSPS) is 10.8. The van der Waals surface area contributed by atoms with Crippen molar-refractivity contribution in [2.75, 3.05) is 5.43 Å². The number of nitrogen functional groups attached to an aromatic ring is 1. The zero-order valence-corrected chi connectivity index (χ0v) is 13.2. The quantitative estimate of drug-likeness (QED) is 0.663. The summed E-state index contributed by atoms with van der Waals surface area (Å²) in [6, 6.07) is 5.83. The molecule has 0 amide bonds. The Bertz CT molecular complexity index is 653. The molecule has 0 aliphatic carbocycles. The van der Waals surface area contributed by atoms with Crippen LogP contribution in [0.2, 0.25) is 0 Å². The van der Waals surface area contributed by atoms with Gasteiger partial charge >= 0.3 is 0 Å². The first-order valence-corrected chi connectivity index (χ1v) is 7.02. The smallest absolute Gasteiger partial charge is 0.224 e. The van der Waals surface area contributed by atoms with E-state index in [1.807, 2.05) is 33.8 Å². The van der Waals surface area contributed by atoms with Crippen LogP contribution < -0.4 is 16.0 Å². The number of anilines is 1. The molecule has 0 fully saturated rings. The van der Waals surface area contributed by atoms with Crippen LogP contribution in [-0.4, -0.2) is 9.97 Å². The highest BCUT2D eigenvalue weighted by atomic mass is 16.5. The molecule has 1 heterocycles. The number of nitrogens with zero attached hydrogens (tertiary/aromatic N) is 2. The van der Waals surface area contributed by atoms with Gasteiger partial charge in [0.25, 0.3) is 0 Å². The SMILES string of the molecule is Cc1ccc(C)c(Oc2cc(NN)nc(C(C)C)n2)c1C. The molecule has 2 rings (SSSR count). The van der Waals surface area contributed by atoms with Crippen LogP contribution in [0.25, 0.3) is 0 Å². The fourth-order valence-electron chi connectivity index (χ4n) is 2.01. The number of aromatic nitrogens is 2. The predicted molar refractivity (Wildman–Crippen MR) is 84.7 cm³/mol. The van der Waals surface area contributed by atoms with Crippen LogP contribution in [0, 0.1) is 20.8 Å². The van der Waals surface area contributed by atoms with E-state index in [1.54, 1.807) is 6.07 Å². The van der Waals surface area contributed by atoms with Crippen LogP contribution in [0.1, 0.15) is 42.3 Å². The summed E-state index contributed by atoms with van der Waals surface area (Å²) in [6.07, 6.45) is 0. The van der Waals surface area contributed by atoms with Gasteiger partial charge in [0.1, 0.15) is 17.4 Å². The molecule has 0 unspecified atom stereocenters. The number of rotatable bonds is 4. The highest BCUT2D eigenvalue weighted by molar-refractivity contribution is 5.47. The van der Waals surface area contributed by atoms with Gasteiger partial charge in [-0.25, -0.2) is 10.8 Å². The number of hydrogen-bond acceptors (Lipinski definition) is 5. The van der Waals surface area contributed by atoms with E-state index in [0.29, 0.717) is 17.5 Å². The van der Waals surface area contributed by atoms with E-state index in [4.69, 9.17) is 10.6 Å². The molecule has 3 N–H and O–H groups in total. The summed E-state index contributed by atoms with van der Waals surface area (Å²) < 4.78 is 6.01. The lowest BCUT2D eigenvalue weighted by Crippen LogP contribution is -2.11. The van der Waals surface area contributed by atoms with Gasteiger partial charge in [-0.05, 0) is 37.5 Å². The van der Waals surface area contributed by atoms with E-state index in [1.165, 1.54) is 5.56 Å². The molecule has 21 heavy (non-hydrogen) atoms. The highest BCUT2D eigenvalue weighted by Crippen LogP contribution is 2.31. The highest BCUT2D eigenvalue weighted by Gasteiger charge is 2.12. The average molecular weight is 286 g/mol. The van der Waals surface area contributed by atoms with Crippen molar-refractivity contribution in [2.45, 2.75) is 40.5 Å². The maximum Gasteiger partial charge on any atom is 0.224 e. The summed E-state index contributed by atoms with van der Waals surface area (Å²) in [6.45, 7) is 10.2. The van der Waals surface area contributed by atoms with Gasteiger partial charge in [-0.3, -0.25) is 0 Å². The number of hydrogen-bond donors (Lipinski definition) is 2. The first-order valence-electron chi connectivity index (χ1n) is 7.02. The maximum absolute atomic E-state index is 6.01. The molecule has 1 aromatic heterocycles. The standard InChI is InChI=1S/C16H22N4O/c1-9(2)16-18-13(20-17)8-14(19-16)21-15-11(4)7-6-10(3)12(15)5/h6-9H,17H2,1-5H3,(H,18,19,20). The second kappa shape index (κ2) is 6.10. The lowest BCUT2D eigenvalue weighted by molar-refractivity contribution is 0.450. The molecular weight excluding hydrogens is 264 g/mol. The Hall–Kier alpha value is -2.14. The van der Waals surface area contributed by atoms with Crippen molar-refractivity contribution in [1.29, 1.82) is 0 Å². The topological polar surface area (TPSA) is 73.1 Å². The predicted octanol–water partition coefficient (Wildman–Crippen LogP) is 3.60. The first kappa shape index (κ1) is 15.3. The number of nitrogens with one attached hydrogen (secondary N) is 1. The van der Waals surface area contributed by atoms with Crippen molar-refractivity contribution in [1.82, 2.24) is 9.97 Å². The molecule has 0 saturated heterocycles. The lowest BCUT2D eigenvalue weighted by Gasteiger charge is -2.15. The minimum Gasteiger partial charge on any atom is -0.438 e. The van der Waals surface area contributed by atoms with E-state index >= 15 is 0 Å². The van der Waals surface area contributed by atoms with E-state index in [0.717, 1.165) is 16.9 Å². The van der Waals surface area contributed by atoms with Crippen LogP contribution in [0.5, 0.6) is 11.6 Å². The summed E-state index contributed by atoms with van der Waals surface area (Å²) in [4.78, 5) is 8.79. The molecule has 0 spiro atoms. The second-order valence-electron chi connectivity index (χ2n) is 5.50. The van der Waals surface area contributed by atoms with Crippen LogP contribution in [0.15, 0.2) is 18.2 Å². The van der Waals surface area contributed by atoms with Crippen LogP contribution >= 0.6 is 0 Å².